The molecule has 22 heavy (non-hydrogen) atoms. The van der Waals surface area contributed by atoms with Gasteiger partial charge in [-0.3, -0.25) is 4.68 Å². The van der Waals surface area contributed by atoms with Crippen molar-refractivity contribution in [3.8, 4) is 10.6 Å². The number of carbonyl (C=O) groups excluding carboxylic acids is 1. The van der Waals surface area contributed by atoms with Gasteiger partial charge in [0.1, 0.15) is 17.4 Å². The van der Waals surface area contributed by atoms with Crippen LogP contribution < -0.4 is 0 Å². The summed E-state index contributed by atoms with van der Waals surface area (Å²) < 4.78 is 19.7. The fourth-order valence-electron chi connectivity index (χ4n) is 1.86. The van der Waals surface area contributed by atoms with Crippen molar-refractivity contribution < 1.29 is 13.9 Å². The summed E-state index contributed by atoms with van der Waals surface area (Å²) in [7, 11) is 1.79. The lowest BCUT2D eigenvalue weighted by atomic mass is 10.2. The maximum atomic E-state index is 12.9. The number of ether oxygens (including phenoxy) is 1. The molecule has 2 aromatic heterocycles. The molecule has 3 rings (SSSR count). The van der Waals surface area contributed by atoms with Gasteiger partial charge in [0.25, 0.3) is 0 Å². The Labute approximate surface area is 130 Å². The smallest absolute Gasteiger partial charge is 0.358 e. The van der Waals surface area contributed by atoms with E-state index < -0.39 is 5.97 Å². The Bertz CT molecular complexity index is 795. The van der Waals surface area contributed by atoms with Crippen LogP contribution in [0.4, 0.5) is 4.39 Å². The summed E-state index contributed by atoms with van der Waals surface area (Å²) in [6.45, 7) is 0.149. The van der Waals surface area contributed by atoms with Gasteiger partial charge in [-0.25, -0.2) is 14.2 Å². The Morgan fingerprint density at radius 1 is 1.36 bits per heavy atom. The third-order valence-electron chi connectivity index (χ3n) is 2.93. The molecule has 0 radical (unpaired) electrons. The number of carbonyl (C=O) groups is 1. The topological polar surface area (TPSA) is 57.0 Å². The van der Waals surface area contributed by atoms with Crippen LogP contribution in [-0.4, -0.2) is 20.7 Å². The minimum atomic E-state index is -0.492. The van der Waals surface area contributed by atoms with E-state index in [0.717, 1.165) is 11.1 Å². The van der Waals surface area contributed by atoms with Crippen LogP contribution in [0, 0.1) is 5.82 Å². The van der Waals surface area contributed by atoms with Crippen molar-refractivity contribution in [3.05, 3.63) is 59.1 Å². The van der Waals surface area contributed by atoms with E-state index in [-0.39, 0.29) is 18.1 Å². The first-order valence-electron chi connectivity index (χ1n) is 6.48. The normalized spacial score (nSPS) is 10.6. The summed E-state index contributed by atoms with van der Waals surface area (Å²) in [6, 6.07) is 5.96. The number of benzene rings is 1. The zero-order chi connectivity index (χ0) is 15.5. The van der Waals surface area contributed by atoms with Gasteiger partial charge in [-0.1, -0.05) is 0 Å². The van der Waals surface area contributed by atoms with Crippen LogP contribution in [0.3, 0.4) is 0 Å². The van der Waals surface area contributed by atoms with Gasteiger partial charge in [0.05, 0.1) is 6.20 Å². The molecule has 0 saturated carbocycles. The number of thiazole rings is 1. The van der Waals surface area contributed by atoms with Crippen molar-refractivity contribution >= 4 is 17.3 Å². The van der Waals surface area contributed by atoms with Crippen LogP contribution in [0.25, 0.3) is 10.6 Å². The van der Waals surface area contributed by atoms with Crippen LogP contribution in [0.2, 0.25) is 0 Å². The molecule has 0 aliphatic carbocycles. The molecule has 0 amide bonds. The number of aromatic nitrogens is 3. The Morgan fingerprint density at radius 2 is 2.14 bits per heavy atom. The van der Waals surface area contributed by atoms with Gasteiger partial charge in [-0.2, -0.15) is 5.10 Å². The van der Waals surface area contributed by atoms with Crippen molar-refractivity contribution in [3.63, 3.8) is 0 Å². The van der Waals surface area contributed by atoms with E-state index in [2.05, 4.69) is 10.1 Å². The van der Waals surface area contributed by atoms with E-state index in [1.54, 1.807) is 41.6 Å². The number of hydrogen-bond donors (Lipinski definition) is 0. The molecule has 1 aromatic carbocycles. The highest BCUT2D eigenvalue weighted by Crippen LogP contribution is 2.24. The average molecular weight is 317 g/mol. The van der Waals surface area contributed by atoms with Crippen molar-refractivity contribution in [2.75, 3.05) is 0 Å². The van der Waals surface area contributed by atoms with Crippen LogP contribution in [0.15, 0.2) is 42.0 Å². The maximum absolute atomic E-state index is 12.9. The van der Waals surface area contributed by atoms with Gasteiger partial charge in [-0.15, -0.1) is 11.3 Å². The first kappa shape index (κ1) is 14.4. The van der Waals surface area contributed by atoms with E-state index in [1.165, 1.54) is 23.5 Å². The fourth-order valence-corrected chi connectivity index (χ4v) is 2.66. The third-order valence-corrected chi connectivity index (χ3v) is 3.82. The lowest BCUT2D eigenvalue weighted by molar-refractivity contribution is 0.0466. The molecule has 0 saturated heterocycles. The van der Waals surface area contributed by atoms with Crippen molar-refractivity contribution in [2.45, 2.75) is 6.61 Å². The Balaban J connectivity index is 1.67. The minimum Gasteiger partial charge on any atom is -0.456 e. The molecule has 0 bridgehead atoms. The molecule has 0 spiro atoms. The summed E-state index contributed by atoms with van der Waals surface area (Å²) in [5.74, 6) is -0.801. The maximum Gasteiger partial charge on any atom is 0.358 e. The summed E-state index contributed by atoms with van der Waals surface area (Å²) in [4.78, 5) is 16.2. The van der Waals surface area contributed by atoms with Crippen molar-refractivity contribution in [2.24, 2.45) is 7.05 Å². The molecule has 112 valence electrons. The van der Waals surface area contributed by atoms with Gasteiger partial charge in [0.15, 0.2) is 5.69 Å². The molecule has 0 atom stereocenters. The molecule has 0 unspecified atom stereocenters. The number of hydrogen-bond acceptors (Lipinski definition) is 5. The third kappa shape index (κ3) is 3.20. The van der Waals surface area contributed by atoms with E-state index in [1.807, 2.05) is 0 Å². The lowest BCUT2D eigenvalue weighted by Gasteiger charge is -2.00. The SMILES string of the molecule is Cn1cc(COC(=O)c2csc(-c3ccc(F)cc3)n2)cn1. The highest BCUT2D eigenvalue weighted by Gasteiger charge is 2.13. The van der Waals surface area contributed by atoms with E-state index >= 15 is 0 Å². The number of aryl methyl sites for hydroxylation is 1. The summed E-state index contributed by atoms with van der Waals surface area (Å²) in [5.41, 5.74) is 1.82. The average Bonchev–Trinajstić information content (AvgIpc) is 3.15. The molecule has 2 heterocycles. The first-order valence-corrected chi connectivity index (χ1v) is 7.36. The molecule has 0 N–H and O–H groups in total. The molecule has 5 nitrogen and oxygen atoms in total. The van der Waals surface area contributed by atoms with Crippen LogP contribution >= 0.6 is 11.3 Å². The highest BCUT2D eigenvalue weighted by atomic mass is 32.1. The Morgan fingerprint density at radius 3 is 2.82 bits per heavy atom. The molecule has 0 aliphatic rings. The molecular formula is C15H12FN3O2S. The lowest BCUT2D eigenvalue weighted by Crippen LogP contribution is -2.05. The molecule has 0 aliphatic heterocycles. The quantitative estimate of drug-likeness (QED) is 0.694. The minimum absolute atomic E-state index is 0.149. The predicted molar refractivity (Wildman–Crippen MR) is 79.8 cm³/mol. The molecule has 7 heteroatoms. The monoisotopic (exact) mass is 317 g/mol. The van der Waals surface area contributed by atoms with Gasteiger partial charge in [0, 0.05) is 29.8 Å². The zero-order valence-corrected chi connectivity index (χ0v) is 12.5. The van der Waals surface area contributed by atoms with Crippen molar-refractivity contribution in [1.82, 2.24) is 14.8 Å². The van der Waals surface area contributed by atoms with Gasteiger partial charge >= 0.3 is 5.97 Å². The highest BCUT2D eigenvalue weighted by molar-refractivity contribution is 7.13. The Hall–Kier alpha value is -2.54. The summed E-state index contributed by atoms with van der Waals surface area (Å²) in [5, 5.41) is 6.28. The van der Waals surface area contributed by atoms with E-state index in [9.17, 15) is 9.18 Å². The van der Waals surface area contributed by atoms with E-state index in [4.69, 9.17) is 4.74 Å². The Kier molecular flexibility index (Phi) is 3.97. The first-order chi connectivity index (χ1) is 10.6. The number of rotatable bonds is 4. The second kappa shape index (κ2) is 6.07. The van der Waals surface area contributed by atoms with Gasteiger partial charge in [-0.05, 0) is 24.3 Å². The summed E-state index contributed by atoms with van der Waals surface area (Å²) in [6.07, 6.45) is 3.41. The number of halogens is 1. The van der Waals surface area contributed by atoms with Crippen LogP contribution in [0.5, 0.6) is 0 Å². The summed E-state index contributed by atoms with van der Waals surface area (Å²) >= 11 is 1.31. The zero-order valence-electron chi connectivity index (χ0n) is 11.7. The van der Waals surface area contributed by atoms with Crippen LogP contribution in [-0.2, 0) is 18.4 Å². The number of esters is 1. The fraction of sp³-hybridized carbons (Fsp3) is 0.133. The standard InChI is InChI=1S/C15H12FN3O2S/c1-19-7-10(6-17-19)8-21-15(20)13-9-22-14(18-13)11-2-4-12(16)5-3-11/h2-7,9H,8H2,1H3. The number of nitrogens with zero attached hydrogens (tertiary/aromatic N) is 3. The molecule has 3 aromatic rings. The molecular weight excluding hydrogens is 305 g/mol. The second-order valence-corrected chi connectivity index (χ2v) is 5.50. The largest absolute Gasteiger partial charge is 0.456 e. The second-order valence-electron chi connectivity index (χ2n) is 4.64. The van der Waals surface area contributed by atoms with Crippen LogP contribution in [0.1, 0.15) is 16.1 Å². The van der Waals surface area contributed by atoms with Crippen molar-refractivity contribution in [1.29, 1.82) is 0 Å². The van der Waals surface area contributed by atoms with Gasteiger partial charge in [0.2, 0.25) is 0 Å². The van der Waals surface area contributed by atoms with Gasteiger partial charge < -0.3 is 4.74 Å². The van der Waals surface area contributed by atoms with E-state index in [0.29, 0.717) is 5.01 Å². The predicted octanol–water partition coefficient (Wildman–Crippen LogP) is 3.04. The molecule has 0 fully saturated rings.